The van der Waals surface area contributed by atoms with Gasteiger partial charge in [-0.15, -0.1) is 0 Å². The molecule has 0 unspecified atom stereocenters. The lowest BCUT2D eigenvalue weighted by Gasteiger charge is -2.17. The van der Waals surface area contributed by atoms with E-state index in [1.807, 2.05) is 0 Å². The third kappa shape index (κ3) is 3.97. The van der Waals surface area contributed by atoms with E-state index in [4.69, 9.17) is 0 Å². The summed E-state index contributed by atoms with van der Waals surface area (Å²) >= 11 is 0. The summed E-state index contributed by atoms with van der Waals surface area (Å²) in [6.45, 7) is -0.925. The van der Waals surface area contributed by atoms with Gasteiger partial charge in [0.25, 0.3) is 5.56 Å². The van der Waals surface area contributed by atoms with E-state index >= 15 is 0 Å². The predicted octanol–water partition coefficient (Wildman–Crippen LogP) is -1.85. The van der Waals surface area contributed by atoms with Crippen molar-refractivity contribution in [1.29, 1.82) is 0 Å². The number of nitrogens with one attached hydrogen (secondary N) is 1. The van der Waals surface area contributed by atoms with E-state index in [0.717, 1.165) is 22.0 Å². The van der Waals surface area contributed by atoms with Gasteiger partial charge in [-0.3, -0.25) is 23.5 Å². The van der Waals surface area contributed by atoms with E-state index in [0.29, 0.717) is 0 Å². The largest absolute Gasteiger partial charge is 0.468 e. The minimum Gasteiger partial charge on any atom is -0.468 e. The molecule has 0 fully saturated rings. The van der Waals surface area contributed by atoms with Crippen molar-refractivity contribution in [2.24, 2.45) is 14.1 Å². The lowest BCUT2D eigenvalue weighted by Crippen LogP contribution is -2.40. The molecule has 28 heavy (non-hydrogen) atoms. The molecule has 0 aliphatic rings. The zero-order valence-corrected chi connectivity index (χ0v) is 16.6. The summed E-state index contributed by atoms with van der Waals surface area (Å²) in [5.74, 6) is -1.37. The average molecular weight is 412 g/mol. The SMILES string of the molecule is COC(=O)CNC(=O)CN(C)S(=O)(=O)c1ccc2c(c1)c(=O)n(C)c(=O)n2C. The Balaban J connectivity index is 2.36. The van der Waals surface area contributed by atoms with Gasteiger partial charge in [-0.05, 0) is 18.2 Å². The quantitative estimate of drug-likeness (QED) is 0.550. The van der Waals surface area contributed by atoms with E-state index in [-0.39, 0.29) is 22.3 Å². The lowest BCUT2D eigenvalue weighted by molar-refractivity contribution is -0.141. The van der Waals surface area contributed by atoms with Crippen LogP contribution >= 0.6 is 0 Å². The summed E-state index contributed by atoms with van der Waals surface area (Å²) in [6.07, 6.45) is 0. The number of hydrogen-bond donors (Lipinski definition) is 1. The van der Waals surface area contributed by atoms with Crippen LogP contribution in [0.5, 0.6) is 0 Å². The van der Waals surface area contributed by atoms with Crippen LogP contribution in [-0.4, -0.2) is 61.0 Å². The van der Waals surface area contributed by atoms with Crippen LogP contribution < -0.4 is 16.6 Å². The van der Waals surface area contributed by atoms with Crippen LogP contribution in [0.4, 0.5) is 0 Å². The monoisotopic (exact) mass is 412 g/mol. The minimum atomic E-state index is -4.10. The van der Waals surface area contributed by atoms with Crippen LogP contribution in [0, 0.1) is 0 Å². The third-order valence-electron chi connectivity index (χ3n) is 4.17. The molecule has 1 aromatic carbocycles. The Morgan fingerprint density at radius 1 is 1.18 bits per heavy atom. The zero-order chi connectivity index (χ0) is 21.2. The molecule has 1 amide bonds. The smallest absolute Gasteiger partial charge is 0.330 e. The summed E-state index contributed by atoms with van der Waals surface area (Å²) in [6, 6.07) is 3.77. The number of fused-ring (bicyclic) bond motifs is 1. The first-order valence-electron chi connectivity index (χ1n) is 8.00. The molecule has 152 valence electrons. The molecular formula is C16H20N4O7S. The van der Waals surface area contributed by atoms with Gasteiger partial charge in [0.1, 0.15) is 6.54 Å². The molecule has 12 heteroatoms. The Kier molecular flexibility index (Phi) is 6.04. The summed E-state index contributed by atoms with van der Waals surface area (Å²) < 4.78 is 32.7. The second-order valence-electron chi connectivity index (χ2n) is 6.00. The average Bonchev–Trinajstić information content (AvgIpc) is 2.68. The molecule has 0 aliphatic heterocycles. The molecule has 11 nitrogen and oxygen atoms in total. The Bertz CT molecular complexity index is 1160. The highest BCUT2D eigenvalue weighted by Crippen LogP contribution is 2.18. The molecule has 2 aromatic rings. The molecule has 0 spiro atoms. The van der Waals surface area contributed by atoms with Gasteiger partial charge in [-0.1, -0.05) is 0 Å². The molecule has 1 heterocycles. The van der Waals surface area contributed by atoms with Gasteiger partial charge >= 0.3 is 11.7 Å². The topological polar surface area (TPSA) is 137 Å². The number of methoxy groups -OCH3 is 1. The Morgan fingerprint density at radius 2 is 1.82 bits per heavy atom. The number of aromatic nitrogens is 2. The molecule has 1 N–H and O–H groups in total. The number of nitrogens with zero attached hydrogens (tertiary/aromatic N) is 3. The Morgan fingerprint density at radius 3 is 2.43 bits per heavy atom. The maximum absolute atomic E-state index is 12.7. The van der Waals surface area contributed by atoms with Crippen molar-refractivity contribution in [1.82, 2.24) is 18.8 Å². The van der Waals surface area contributed by atoms with Crippen LogP contribution in [0.1, 0.15) is 0 Å². The zero-order valence-electron chi connectivity index (χ0n) is 15.8. The first-order chi connectivity index (χ1) is 13.0. The van der Waals surface area contributed by atoms with Gasteiger partial charge in [-0.25, -0.2) is 13.2 Å². The van der Waals surface area contributed by atoms with E-state index < -0.39 is 39.7 Å². The summed E-state index contributed by atoms with van der Waals surface area (Å²) in [5, 5.41) is 2.29. The fraction of sp³-hybridized carbons (Fsp3) is 0.375. The summed E-state index contributed by atoms with van der Waals surface area (Å²) in [4.78, 5) is 47.0. The number of amides is 1. The van der Waals surface area contributed by atoms with Crippen molar-refractivity contribution in [2.75, 3.05) is 27.2 Å². The fourth-order valence-electron chi connectivity index (χ4n) is 2.50. The van der Waals surface area contributed by atoms with Crippen molar-refractivity contribution in [3.8, 4) is 0 Å². The van der Waals surface area contributed by atoms with E-state index in [9.17, 15) is 27.6 Å². The third-order valence-corrected chi connectivity index (χ3v) is 5.97. The molecule has 0 saturated heterocycles. The summed E-state index contributed by atoms with van der Waals surface area (Å²) in [7, 11) is 1.01. The number of likely N-dealkylation sites (N-methyl/N-ethyl adjacent to an activating group) is 1. The highest BCUT2D eigenvalue weighted by molar-refractivity contribution is 7.89. The van der Waals surface area contributed by atoms with Crippen LogP contribution in [0.2, 0.25) is 0 Å². The first-order valence-corrected chi connectivity index (χ1v) is 9.44. The fourth-order valence-corrected chi connectivity index (χ4v) is 3.65. The number of carbonyl (C=O) groups is 2. The number of benzene rings is 1. The Labute approximate surface area is 160 Å². The number of sulfonamides is 1. The van der Waals surface area contributed by atoms with Crippen LogP contribution in [-0.2, 0) is 38.4 Å². The standard InChI is InChI=1S/C16H20N4O7S/c1-18(9-13(21)17-8-14(22)27-4)28(25,26)10-5-6-12-11(7-10)15(23)20(3)16(24)19(12)2/h5-7H,8-9H2,1-4H3,(H,17,21). The van der Waals surface area contributed by atoms with Gasteiger partial charge in [0.15, 0.2) is 0 Å². The molecule has 1 aromatic heterocycles. The van der Waals surface area contributed by atoms with Crippen molar-refractivity contribution in [2.45, 2.75) is 4.90 Å². The number of carbonyl (C=O) groups excluding carboxylic acids is 2. The molecule has 0 radical (unpaired) electrons. The number of rotatable bonds is 6. The Hall–Kier alpha value is -2.99. The normalized spacial score (nSPS) is 11.6. The van der Waals surface area contributed by atoms with Crippen LogP contribution in [0.25, 0.3) is 10.9 Å². The van der Waals surface area contributed by atoms with Gasteiger partial charge in [-0.2, -0.15) is 4.31 Å². The number of hydrogen-bond acceptors (Lipinski definition) is 7. The molecule has 0 bridgehead atoms. The predicted molar refractivity (Wildman–Crippen MR) is 99.3 cm³/mol. The number of aryl methyl sites for hydroxylation is 1. The van der Waals surface area contributed by atoms with E-state index in [1.165, 1.54) is 37.8 Å². The number of ether oxygens (including phenoxy) is 1. The van der Waals surface area contributed by atoms with E-state index in [1.54, 1.807) is 0 Å². The number of esters is 1. The van der Waals surface area contributed by atoms with Crippen molar-refractivity contribution < 1.29 is 22.7 Å². The van der Waals surface area contributed by atoms with Crippen molar-refractivity contribution >= 4 is 32.8 Å². The molecule has 0 atom stereocenters. The van der Waals surface area contributed by atoms with Crippen LogP contribution in [0.15, 0.2) is 32.7 Å². The molecule has 2 rings (SSSR count). The second-order valence-corrected chi connectivity index (χ2v) is 8.04. The molecule has 0 aliphatic carbocycles. The van der Waals surface area contributed by atoms with Gasteiger partial charge in [0.2, 0.25) is 15.9 Å². The van der Waals surface area contributed by atoms with Gasteiger partial charge in [0.05, 0.1) is 29.5 Å². The molecule has 0 saturated carbocycles. The van der Waals surface area contributed by atoms with E-state index in [2.05, 4.69) is 10.1 Å². The maximum atomic E-state index is 12.7. The summed E-state index contributed by atoms with van der Waals surface area (Å²) in [5.41, 5.74) is -0.883. The van der Waals surface area contributed by atoms with Crippen molar-refractivity contribution in [3.63, 3.8) is 0 Å². The van der Waals surface area contributed by atoms with Gasteiger partial charge in [0, 0.05) is 21.1 Å². The molecular weight excluding hydrogens is 392 g/mol. The lowest BCUT2D eigenvalue weighted by atomic mass is 10.2. The highest BCUT2D eigenvalue weighted by atomic mass is 32.2. The highest BCUT2D eigenvalue weighted by Gasteiger charge is 2.24. The maximum Gasteiger partial charge on any atom is 0.330 e. The van der Waals surface area contributed by atoms with Crippen LogP contribution in [0.3, 0.4) is 0 Å². The minimum absolute atomic E-state index is 0.0502. The van der Waals surface area contributed by atoms with Crippen molar-refractivity contribution in [3.05, 3.63) is 39.0 Å². The van der Waals surface area contributed by atoms with Gasteiger partial charge < -0.3 is 10.1 Å². The second kappa shape index (κ2) is 7.94. The first kappa shape index (κ1) is 21.3.